The molecule has 15 atom stereocenters. The van der Waals surface area contributed by atoms with Crippen molar-refractivity contribution in [2.45, 2.75) is 105 Å². The molecule has 1 amide bonds. The fourth-order valence-electron chi connectivity index (χ4n) is 4.84. The second kappa shape index (κ2) is 13.5. The van der Waals surface area contributed by atoms with Crippen molar-refractivity contribution >= 4 is 5.91 Å². The topological polar surface area (TPSA) is 312 Å². The van der Waals surface area contributed by atoms with Crippen LogP contribution in [-0.4, -0.2) is 153 Å². The maximum Gasteiger partial charge on any atom is 0.249 e. The Morgan fingerprint density at radius 2 is 1.50 bits per heavy atom. The summed E-state index contributed by atoms with van der Waals surface area (Å²) in [4.78, 5) is 12.4. The van der Waals surface area contributed by atoms with Gasteiger partial charge in [0.25, 0.3) is 0 Å². The third-order valence-electron chi connectivity index (χ3n) is 7.15. The number of hydrogen-bond acceptors (Lipinski definition) is 16. The van der Waals surface area contributed by atoms with Crippen molar-refractivity contribution in [3.63, 3.8) is 0 Å². The van der Waals surface area contributed by atoms with Crippen LogP contribution < -0.4 is 28.3 Å². The Labute approximate surface area is 218 Å². The van der Waals surface area contributed by atoms with E-state index < -0.39 is 104 Å². The van der Waals surface area contributed by atoms with Crippen molar-refractivity contribution in [2.75, 3.05) is 19.7 Å². The molecular weight excluding hydrogens is 514 g/mol. The van der Waals surface area contributed by atoms with Gasteiger partial charge in [0.05, 0.1) is 18.7 Å². The summed E-state index contributed by atoms with van der Waals surface area (Å²) in [6, 6.07) is -3.29. The van der Waals surface area contributed by atoms with Gasteiger partial charge >= 0.3 is 0 Å². The van der Waals surface area contributed by atoms with Crippen molar-refractivity contribution in [3.05, 3.63) is 0 Å². The molecule has 3 aliphatic rings. The summed E-state index contributed by atoms with van der Waals surface area (Å²) in [7, 11) is 0. The maximum atomic E-state index is 12.4. The van der Waals surface area contributed by atoms with Crippen LogP contribution in [0.4, 0.5) is 0 Å². The summed E-state index contributed by atoms with van der Waals surface area (Å²) in [5.74, 6) is -0.807. The van der Waals surface area contributed by atoms with E-state index in [1.807, 2.05) is 0 Å². The highest BCUT2D eigenvalue weighted by molar-refractivity contribution is 5.80. The number of aliphatic hydroxyl groups is 7. The van der Waals surface area contributed by atoms with Crippen LogP contribution in [0.2, 0.25) is 0 Å². The molecule has 0 aromatic rings. The number of nitrogens with two attached hydrogens (primary N) is 4. The molecule has 0 bridgehead atoms. The van der Waals surface area contributed by atoms with Gasteiger partial charge in [0.2, 0.25) is 5.91 Å². The average Bonchev–Trinajstić information content (AvgIpc) is 3.16. The predicted octanol–water partition coefficient (Wildman–Crippen LogP) is -7.79. The fraction of sp³-hybridized carbons (Fsp3) is 0.952. The van der Waals surface area contributed by atoms with Crippen LogP contribution >= 0.6 is 0 Å². The van der Waals surface area contributed by atoms with E-state index in [2.05, 4.69) is 5.32 Å². The highest BCUT2D eigenvalue weighted by Gasteiger charge is 2.53. The minimum atomic E-state index is -1.62. The zero-order chi connectivity index (χ0) is 28.3. The van der Waals surface area contributed by atoms with E-state index in [0.29, 0.717) is 0 Å². The largest absolute Gasteiger partial charge is 0.394 e. The molecule has 1 saturated carbocycles. The lowest BCUT2D eigenvalue weighted by atomic mass is 9.83. The summed E-state index contributed by atoms with van der Waals surface area (Å²) in [5.41, 5.74) is 23.3. The van der Waals surface area contributed by atoms with Crippen molar-refractivity contribution in [2.24, 2.45) is 22.9 Å². The highest BCUT2D eigenvalue weighted by Crippen LogP contribution is 2.32. The normalized spacial score (nSPS) is 46.6. The Balaban J connectivity index is 1.84. The first-order chi connectivity index (χ1) is 17.9. The van der Waals surface area contributed by atoms with E-state index in [4.69, 9.17) is 41.9 Å². The Bertz CT molecular complexity index is 770. The van der Waals surface area contributed by atoms with Crippen LogP contribution in [0.1, 0.15) is 12.8 Å². The lowest BCUT2D eigenvalue weighted by Gasteiger charge is -2.48. The van der Waals surface area contributed by atoms with Gasteiger partial charge in [0, 0.05) is 12.6 Å². The smallest absolute Gasteiger partial charge is 0.249 e. The highest BCUT2D eigenvalue weighted by atomic mass is 16.7. The minimum Gasteiger partial charge on any atom is -0.394 e. The average molecular weight is 556 g/mol. The van der Waals surface area contributed by atoms with Gasteiger partial charge in [-0.3, -0.25) is 4.79 Å². The molecule has 222 valence electrons. The predicted molar refractivity (Wildman–Crippen MR) is 125 cm³/mol. The number of ether oxygens (including phenoxy) is 4. The molecule has 3 rings (SSSR count). The van der Waals surface area contributed by atoms with Crippen molar-refractivity contribution < 1.29 is 59.5 Å². The monoisotopic (exact) mass is 555 g/mol. The molecule has 0 aromatic heterocycles. The third kappa shape index (κ3) is 6.60. The molecule has 3 fully saturated rings. The van der Waals surface area contributed by atoms with Crippen LogP contribution in [0.15, 0.2) is 0 Å². The number of hydrogen-bond donors (Lipinski definition) is 12. The number of carbonyl (C=O) groups excluding carboxylic acids is 1. The zero-order valence-corrected chi connectivity index (χ0v) is 20.7. The van der Waals surface area contributed by atoms with Gasteiger partial charge in [-0.25, -0.2) is 0 Å². The molecule has 0 radical (unpaired) electrons. The Morgan fingerprint density at radius 1 is 0.895 bits per heavy atom. The molecule has 2 aliphatic heterocycles. The molecule has 0 spiro atoms. The van der Waals surface area contributed by atoms with Crippen molar-refractivity contribution in [1.82, 2.24) is 5.32 Å². The van der Waals surface area contributed by atoms with Crippen LogP contribution in [-0.2, 0) is 23.7 Å². The molecule has 0 aromatic carbocycles. The third-order valence-corrected chi connectivity index (χ3v) is 7.15. The molecule has 38 heavy (non-hydrogen) atoms. The first-order valence-electron chi connectivity index (χ1n) is 12.5. The second-order valence-corrected chi connectivity index (χ2v) is 9.84. The lowest BCUT2D eigenvalue weighted by molar-refractivity contribution is -0.307. The Hall–Kier alpha value is -1.13. The van der Waals surface area contributed by atoms with E-state index in [-0.39, 0.29) is 25.9 Å². The van der Waals surface area contributed by atoms with Crippen LogP contribution in [0, 0.1) is 0 Å². The first-order valence-corrected chi connectivity index (χ1v) is 12.5. The summed E-state index contributed by atoms with van der Waals surface area (Å²) in [5, 5.41) is 74.0. The minimum absolute atomic E-state index is 0.0255. The van der Waals surface area contributed by atoms with Gasteiger partial charge in [0.15, 0.2) is 12.6 Å². The van der Waals surface area contributed by atoms with Crippen molar-refractivity contribution in [1.29, 1.82) is 0 Å². The summed E-state index contributed by atoms with van der Waals surface area (Å²) in [6.07, 6.45) is -16.9. The number of nitrogens with one attached hydrogen (secondary N) is 1. The quantitative estimate of drug-likeness (QED) is 0.119. The Morgan fingerprint density at radius 3 is 2.08 bits per heavy atom. The maximum absolute atomic E-state index is 12.4. The van der Waals surface area contributed by atoms with Crippen LogP contribution in [0.5, 0.6) is 0 Å². The SMILES string of the molecule is NCC[C@@H](O)C(=O)N[C@@H]1C[C@@H](N)[C@@H](O[C@H]2O[C@@H](CN)[C@@H](O)[C@H](O)[C@@H]2N)[C@H](O[C@@H]2O[C@H](CO)[C@@H](O)[C@H]2O)[C@@H]1O. The molecule has 1 aliphatic carbocycles. The summed E-state index contributed by atoms with van der Waals surface area (Å²) >= 11 is 0. The number of aliphatic hydroxyl groups excluding tert-OH is 7. The van der Waals surface area contributed by atoms with E-state index >= 15 is 0 Å². The van der Waals surface area contributed by atoms with Gasteiger partial charge in [-0.2, -0.15) is 0 Å². The fourth-order valence-corrected chi connectivity index (χ4v) is 4.84. The number of amides is 1. The van der Waals surface area contributed by atoms with Crippen LogP contribution in [0.3, 0.4) is 0 Å². The zero-order valence-electron chi connectivity index (χ0n) is 20.7. The van der Waals surface area contributed by atoms with Gasteiger partial charge in [-0.1, -0.05) is 0 Å². The van der Waals surface area contributed by atoms with E-state index in [0.717, 1.165) is 0 Å². The van der Waals surface area contributed by atoms with Gasteiger partial charge in [-0.15, -0.1) is 0 Å². The van der Waals surface area contributed by atoms with Gasteiger partial charge in [0.1, 0.15) is 61.0 Å². The molecule has 16 N–H and O–H groups in total. The molecule has 2 heterocycles. The molecule has 17 nitrogen and oxygen atoms in total. The van der Waals surface area contributed by atoms with E-state index in [9.17, 15) is 40.5 Å². The number of rotatable bonds is 10. The Kier molecular flexibility index (Phi) is 11.1. The molecule has 2 saturated heterocycles. The second-order valence-electron chi connectivity index (χ2n) is 9.84. The summed E-state index contributed by atoms with van der Waals surface area (Å²) in [6.45, 7) is -0.764. The van der Waals surface area contributed by atoms with Crippen LogP contribution in [0.25, 0.3) is 0 Å². The molecule has 0 unspecified atom stereocenters. The lowest BCUT2D eigenvalue weighted by Crippen LogP contribution is -2.69. The molecule has 17 heteroatoms. The number of carbonyl (C=O) groups is 1. The van der Waals surface area contributed by atoms with E-state index in [1.165, 1.54) is 0 Å². The summed E-state index contributed by atoms with van der Waals surface area (Å²) < 4.78 is 22.7. The standard InChI is InChI=1S/C21H41N5O12/c22-2-1-8(28)19(34)26-7-3-6(24)17(37-20-11(25)15(32)13(30)9(4-23)35-20)18(12(7)29)38-21-16(33)14(31)10(5-27)36-21/h6-18,20-21,27-33H,1-5,22-25H2,(H,26,34)/t6-,7-,8-,9+,10-,11+,12-,13-,14-,15-,16-,17-,18-,20-,21+/m1/s1. The van der Waals surface area contributed by atoms with E-state index in [1.54, 1.807) is 0 Å². The molecular formula is C21H41N5O12. The first kappa shape index (κ1) is 31.4. The van der Waals surface area contributed by atoms with Gasteiger partial charge < -0.3 is 82.9 Å². The van der Waals surface area contributed by atoms with Gasteiger partial charge in [-0.05, 0) is 19.4 Å². The van der Waals surface area contributed by atoms with Crippen molar-refractivity contribution in [3.8, 4) is 0 Å².